The molecule has 0 aliphatic heterocycles. The molecule has 0 fully saturated rings. The van der Waals surface area contributed by atoms with Crippen LogP contribution in [0.15, 0.2) is 42.5 Å². The van der Waals surface area contributed by atoms with Crippen LogP contribution >= 0.6 is 11.6 Å². The van der Waals surface area contributed by atoms with Gasteiger partial charge in [0.05, 0.1) is 16.7 Å². The second kappa shape index (κ2) is 8.18. The zero-order chi connectivity index (χ0) is 18.4. The van der Waals surface area contributed by atoms with E-state index < -0.39 is 6.10 Å². The van der Waals surface area contributed by atoms with E-state index in [1.165, 1.54) is 13.0 Å². The Morgan fingerprint density at radius 2 is 1.72 bits per heavy atom. The molecule has 2 aromatic carbocycles. The summed E-state index contributed by atoms with van der Waals surface area (Å²) in [6.07, 6.45) is -0.791. The topological polar surface area (TPSA) is 91.2 Å². The van der Waals surface area contributed by atoms with Gasteiger partial charge >= 0.3 is 0 Å². The van der Waals surface area contributed by atoms with Gasteiger partial charge in [-0.1, -0.05) is 11.6 Å². The minimum Gasteiger partial charge on any atom is -0.479 e. The summed E-state index contributed by atoms with van der Waals surface area (Å²) in [5.74, 6) is -0.199. The Hall–Kier alpha value is -3.04. The molecule has 0 unspecified atom stereocenters. The number of ether oxygens (including phenoxy) is 1. The minimum atomic E-state index is -0.791. The SMILES string of the molecule is CC(=O)Nc1ccc(NC(=O)[C@H](C)Oc2ccc(C#N)cc2Cl)cc1. The molecule has 0 saturated heterocycles. The van der Waals surface area contributed by atoms with Crippen LogP contribution in [0, 0.1) is 11.3 Å². The van der Waals surface area contributed by atoms with Crippen LogP contribution < -0.4 is 15.4 Å². The molecule has 7 heteroatoms. The van der Waals surface area contributed by atoms with E-state index in [-0.39, 0.29) is 16.8 Å². The normalized spacial score (nSPS) is 11.1. The maximum atomic E-state index is 12.2. The number of anilines is 2. The van der Waals surface area contributed by atoms with E-state index in [4.69, 9.17) is 21.6 Å². The van der Waals surface area contributed by atoms with Gasteiger partial charge in [0, 0.05) is 18.3 Å². The third-order valence-electron chi connectivity index (χ3n) is 3.21. The van der Waals surface area contributed by atoms with E-state index in [2.05, 4.69) is 10.6 Å². The number of hydrogen-bond acceptors (Lipinski definition) is 4. The molecule has 0 spiro atoms. The minimum absolute atomic E-state index is 0.168. The first kappa shape index (κ1) is 18.3. The van der Waals surface area contributed by atoms with Crippen LogP contribution in [0.5, 0.6) is 5.75 Å². The Morgan fingerprint density at radius 3 is 2.24 bits per heavy atom. The number of nitriles is 1. The average Bonchev–Trinajstić information content (AvgIpc) is 2.57. The van der Waals surface area contributed by atoms with E-state index in [1.54, 1.807) is 43.3 Å². The van der Waals surface area contributed by atoms with Gasteiger partial charge in [0.2, 0.25) is 5.91 Å². The molecule has 25 heavy (non-hydrogen) atoms. The third kappa shape index (κ3) is 5.23. The molecule has 0 aromatic heterocycles. The Kier molecular flexibility index (Phi) is 5.98. The van der Waals surface area contributed by atoms with Crippen molar-refractivity contribution < 1.29 is 14.3 Å². The van der Waals surface area contributed by atoms with Crippen LogP contribution in [-0.2, 0) is 9.59 Å². The molecule has 0 aliphatic carbocycles. The zero-order valence-corrected chi connectivity index (χ0v) is 14.4. The van der Waals surface area contributed by atoms with Crippen molar-refractivity contribution >= 4 is 34.8 Å². The van der Waals surface area contributed by atoms with Crippen LogP contribution in [-0.4, -0.2) is 17.9 Å². The van der Waals surface area contributed by atoms with Crippen LogP contribution in [0.1, 0.15) is 19.4 Å². The van der Waals surface area contributed by atoms with Crippen molar-refractivity contribution in [2.24, 2.45) is 0 Å². The summed E-state index contributed by atoms with van der Waals surface area (Å²) in [7, 11) is 0. The Morgan fingerprint density at radius 1 is 1.12 bits per heavy atom. The first-order valence-electron chi connectivity index (χ1n) is 7.44. The van der Waals surface area contributed by atoms with Gasteiger partial charge in [0.1, 0.15) is 5.75 Å². The number of carbonyl (C=O) groups excluding carboxylic acids is 2. The van der Waals surface area contributed by atoms with Crippen molar-refractivity contribution in [3.8, 4) is 11.8 Å². The molecular weight excluding hydrogens is 342 g/mol. The van der Waals surface area contributed by atoms with Crippen LogP contribution in [0.4, 0.5) is 11.4 Å². The predicted molar refractivity (Wildman–Crippen MR) is 95.6 cm³/mol. The summed E-state index contributed by atoms with van der Waals surface area (Å²) in [6, 6.07) is 13.3. The first-order chi connectivity index (χ1) is 11.9. The highest BCUT2D eigenvalue weighted by Gasteiger charge is 2.16. The fourth-order valence-corrected chi connectivity index (χ4v) is 2.22. The molecule has 6 nitrogen and oxygen atoms in total. The predicted octanol–water partition coefficient (Wildman–Crippen LogP) is 3.58. The first-order valence-corrected chi connectivity index (χ1v) is 7.81. The van der Waals surface area contributed by atoms with Gasteiger partial charge in [-0.05, 0) is 49.4 Å². The van der Waals surface area contributed by atoms with Gasteiger partial charge in [-0.25, -0.2) is 0 Å². The Labute approximate surface area is 150 Å². The molecule has 1 atom stereocenters. The van der Waals surface area contributed by atoms with Gasteiger partial charge in [-0.2, -0.15) is 5.26 Å². The van der Waals surface area contributed by atoms with Crippen molar-refractivity contribution in [3.63, 3.8) is 0 Å². The molecule has 2 amide bonds. The van der Waals surface area contributed by atoms with E-state index in [0.29, 0.717) is 22.7 Å². The molecular formula is C18H16ClN3O3. The lowest BCUT2D eigenvalue weighted by Crippen LogP contribution is -2.30. The number of halogens is 1. The summed E-state index contributed by atoms with van der Waals surface area (Å²) in [5.41, 5.74) is 1.62. The zero-order valence-electron chi connectivity index (χ0n) is 13.7. The Bertz CT molecular complexity index is 828. The number of amides is 2. The largest absolute Gasteiger partial charge is 0.479 e. The van der Waals surface area contributed by atoms with Crippen molar-refractivity contribution in [2.75, 3.05) is 10.6 Å². The van der Waals surface area contributed by atoms with Gasteiger partial charge in [-0.3, -0.25) is 9.59 Å². The monoisotopic (exact) mass is 357 g/mol. The maximum absolute atomic E-state index is 12.2. The van der Waals surface area contributed by atoms with E-state index >= 15 is 0 Å². The van der Waals surface area contributed by atoms with Crippen molar-refractivity contribution in [1.29, 1.82) is 5.26 Å². The second-order valence-electron chi connectivity index (χ2n) is 5.26. The molecule has 2 N–H and O–H groups in total. The lowest BCUT2D eigenvalue weighted by molar-refractivity contribution is -0.122. The number of hydrogen-bond donors (Lipinski definition) is 2. The molecule has 128 valence electrons. The Balaban J connectivity index is 1.98. The standard InChI is InChI=1S/C18H16ClN3O3/c1-11(25-17-8-3-13(10-20)9-16(17)19)18(24)22-15-6-4-14(5-7-15)21-12(2)23/h3-9,11H,1-2H3,(H,21,23)(H,22,24)/t11-/m0/s1. The molecule has 2 rings (SSSR count). The molecule has 0 bridgehead atoms. The highest BCUT2D eigenvalue weighted by Crippen LogP contribution is 2.26. The number of benzene rings is 2. The van der Waals surface area contributed by atoms with Crippen LogP contribution in [0.25, 0.3) is 0 Å². The van der Waals surface area contributed by atoms with Crippen molar-refractivity contribution in [1.82, 2.24) is 0 Å². The van der Waals surface area contributed by atoms with Crippen molar-refractivity contribution in [3.05, 3.63) is 53.1 Å². The summed E-state index contributed by atoms with van der Waals surface area (Å²) in [5, 5.41) is 14.4. The summed E-state index contributed by atoms with van der Waals surface area (Å²) >= 11 is 6.03. The molecule has 0 aliphatic rings. The molecule has 2 aromatic rings. The second-order valence-corrected chi connectivity index (χ2v) is 5.67. The number of nitrogens with zero attached hydrogens (tertiary/aromatic N) is 1. The molecule has 0 heterocycles. The van der Waals surface area contributed by atoms with Gasteiger partial charge in [-0.15, -0.1) is 0 Å². The number of carbonyl (C=O) groups is 2. The summed E-state index contributed by atoms with van der Waals surface area (Å²) in [4.78, 5) is 23.2. The fourth-order valence-electron chi connectivity index (χ4n) is 1.99. The molecule has 0 radical (unpaired) electrons. The third-order valence-corrected chi connectivity index (χ3v) is 3.50. The lowest BCUT2D eigenvalue weighted by Gasteiger charge is -2.16. The average molecular weight is 358 g/mol. The lowest BCUT2D eigenvalue weighted by atomic mass is 10.2. The highest BCUT2D eigenvalue weighted by molar-refractivity contribution is 6.32. The fraction of sp³-hybridized carbons (Fsp3) is 0.167. The van der Waals surface area contributed by atoms with Gasteiger partial charge in [0.25, 0.3) is 5.91 Å². The smallest absolute Gasteiger partial charge is 0.265 e. The highest BCUT2D eigenvalue weighted by atomic mass is 35.5. The van der Waals surface area contributed by atoms with E-state index in [9.17, 15) is 9.59 Å². The van der Waals surface area contributed by atoms with Crippen LogP contribution in [0.3, 0.4) is 0 Å². The number of nitrogens with one attached hydrogen (secondary N) is 2. The molecule has 0 saturated carbocycles. The summed E-state index contributed by atoms with van der Waals surface area (Å²) in [6.45, 7) is 3.01. The number of rotatable bonds is 5. The van der Waals surface area contributed by atoms with Crippen LogP contribution in [0.2, 0.25) is 5.02 Å². The quantitative estimate of drug-likeness (QED) is 0.855. The maximum Gasteiger partial charge on any atom is 0.265 e. The van der Waals surface area contributed by atoms with Gasteiger partial charge < -0.3 is 15.4 Å². The summed E-state index contributed by atoms with van der Waals surface area (Å²) < 4.78 is 5.54. The van der Waals surface area contributed by atoms with Crippen molar-refractivity contribution in [2.45, 2.75) is 20.0 Å². The van der Waals surface area contributed by atoms with Gasteiger partial charge in [0.15, 0.2) is 6.10 Å². The van der Waals surface area contributed by atoms with E-state index in [0.717, 1.165) is 0 Å². The van der Waals surface area contributed by atoms with E-state index in [1.807, 2.05) is 6.07 Å².